The molecule has 4 heterocycles. The Morgan fingerprint density at radius 1 is 0.474 bits per heavy atom. The molecule has 57 heavy (non-hydrogen) atoms. The van der Waals surface area contributed by atoms with Gasteiger partial charge in [0, 0.05) is 72.0 Å². The van der Waals surface area contributed by atoms with Gasteiger partial charge in [-0.25, -0.2) is 19.9 Å². The van der Waals surface area contributed by atoms with Crippen LogP contribution in [0.3, 0.4) is 0 Å². The smallest absolute Gasteiger partial charge is 0.234 e. The van der Waals surface area contributed by atoms with E-state index in [0.29, 0.717) is 52.5 Å². The van der Waals surface area contributed by atoms with Gasteiger partial charge in [-0.2, -0.15) is 0 Å². The molecule has 0 radical (unpaired) electrons. The molecule has 0 bridgehead atoms. The zero-order valence-electron chi connectivity index (χ0n) is 33.1. The van der Waals surface area contributed by atoms with Gasteiger partial charge in [-0.1, -0.05) is 39.8 Å². The Hall–Kier alpha value is -6.74. The third kappa shape index (κ3) is 8.58. The van der Waals surface area contributed by atoms with E-state index in [0.717, 1.165) is 68.4 Å². The van der Waals surface area contributed by atoms with E-state index in [1.807, 2.05) is 92.7 Å². The standard InChI is InChI=1S/C48H45N5O4/c1-30(2)22-34-8-10-38(56-46-24-32(5)16-20-49-46)28-44(34)54-36-12-14-40-41-15-13-37(27-43(41)53(42(40)26-36)48-51-18-7-19-52-48)55-45-29-39(11-9-35(45)23-31(3)4)57-47-25-33(6)17-21-50-47/h7-21,24-31H,22-23H2,1-6H3. The van der Waals surface area contributed by atoms with Crippen molar-refractivity contribution in [2.24, 2.45) is 11.8 Å². The van der Waals surface area contributed by atoms with Gasteiger partial charge in [-0.15, -0.1) is 0 Å². The van der Waals surface area contributed by atoms with Crippen LogP contribution >= 0.6 is 0 Å². The van der Waals surface area contributed by atoms with E-state index in [9.17, 15) is 0 Å². The van der Waals surface area contributed by atoms with Crippen molar-refractivity contribution >= 4 is 21.8 Å². The number of fused-ring (bicyclic) bond motifs is 3. The Morgan fingerprint density at radius 3 is 1.35 bits per heavy atom. The van der Waals surface area contributed by atoms with Gasteiger partial charge in [-0.05, 0) is 115 Å². The Bertz CT molecular complexity index is 2530. The minimum absolute atomic E-state index is 0.427. The van der Waals surface area contributed by atoms with Crippen LogP contribution in [0, 0.1) is 25.7 Å². The van der Waals surface area contributed by atoms with Crippen molar-refractivity contribution in [1.82, 2.24) is 24.5 Å². The Kier molecular flexibility index (Phi) is 10.5. The first-order valence-electron chi connectivity index (χ1n) is 19.3. The molecule has 0 saturated heterocycles. The average molecular weight is 756 g/mol. The molecular weight excluding hydrogens is 711 g/mol. The largest absolute Gasteiger partial charge is 0.457 e. The Morgan fingerprint density at radius 2 is 0.912 bits per heavy atom. The lowest BCUT2D eigenvalue weighted by atomic mass is 10.0. The molecule has 0 spiro atoms. The first-order valence-corrected chi connectivity index (χ1v) is 19.3. The van der Waals surface area contributed by atoms with Crippen molar-refractivity contribution in [2.45, 2.75) is 54.4 Å². The number of hydrogen-bond acceptors (Lipinski definition) is 8. The quantitative estimate of drug-likeness (QED) is 0.115. The molecule has 286 valence electrons. The summed E-state index contributed by atoms with van der Waals surface area (Å²) in [5.74, 6) is 6.56. The van der Waals surface area contributed by atoms with Gasteiger partial charge >= 0.3 is 0 Å². The number of ether oxygens (including phenoxy) is 4. The second kappa shape index (κ2) is 16.2. The molecule has 0 N–H and O–H groups in total. The molecule has 0 atom stereocenters. The molecule has 0 aliphatic carbocycles. The molecule has 4 aromatic carbocycles. The number of aromatic nitrogens is 5. The number of hydrogen-bond donors (Lipinski definition) is 0. The third-order valence-electron chi connectivity index (χ3n) is 9.48. The van der Waals surface area contributed by atoms with E-state index >= 15 is 0 Å². The molecule has 4 aromatic heterocycles. The first-order chi connectivity index (χ1) is 27.6. The molecule has 0 fully saturated rings. The van der Waals surface area contributed by atoms with Gasteiger partial charge in [-0.3, -0.25) is 4.57 Å². The zero-order chi connectivity index (χ0) is 39.5. The summed E-state index contributed by atoms with van der Waals surface area (Å²) < 4.78 is 27.8. The maximum absolute atomic E-state index is 6.72. The molecule has 0 aliphatic heterocycles. The minimum atomic E-state index is 0.427. The summed E-state index contributed by atoms with van der Waals surface area (Å²) in [5.41, 5.74) is 6.12. The molecule has 8 aromatic rings. The van der Waals surface area contributed by atoms with Gasteiger partial charge in [0.15, 0.2) is 0 Å². The Labute approximate surface area is 332 Å². The fourth-order valence-corrected chi connectivity index (χ4v) is 6.95. The normalized spacial score (nSPS) is 11.4. The highest BCUT2D eigenvalue weighted by atomic mass is 16.5. The fourth-order valence-electron chi connectivity index (χ4n) is 6.95. The van der Waals surface area contributed by atoms with E-state index in [1.165, 1.54) is 0 Å². The first kappa shape index (κ1) is 37.2. The highest BCUT2D eigenvalue weighted by Gasteiger charge is 2.19. The van der Waals surface area contributed by atoms with Crippen LogP contribution in [0.2, 0.25) is 0 Å². The van der Waals surface area contributed by atoms with Crippen molar-refractivity contribution in [2.75, 3.05) is 0 Å². The molecule has 9 nitrogen and oxygen atoms in total. The van der Waals surface area contributed by atoms with Gasteiger partial charge in [0.25, 0.3) is 0 Å². The molecule has 0 saturated carbocycles. The summed E-state index contributed by atoms with van der Waals surface area (Å²) in [5, 5.41) is 2.06. The van der Waals surface area contributed by atoms with Crippen molar-refractivity contribution in [1.29, 1.82) is 0 Å². The topological polar surface area (TPSA) is 93.4 Å². The van der Waals surface area contributed by atoms with Gasteiger partial charge in [0.05, 0.1) is 11.0 Å². The summed E-state index contributed by atoms with van der Waals surface area (Å²) in [4.78, 5) is 18.1. The van der Waals surface area contributed by atoms with E-state index in [1.54, 1.807) is 24.8 Å². The number of pyridine rings is 2. The minimum Gasteiger partial charge on any atom is -0.457 e. The van der Waals surface area contributed by atoms with E-state index in [2.05, 4.69) is 76.5 Å². The van der Waals surface area contributed by atoms with Crippen LogP contribution in [0.5, 0.6) is 46.3 Å². The predicted octanol–water partition coefficient (Wildman–Crippen LogP) is 12.5. The Balaban J connectivity index is 1.18. The SMILES string of the molecule is Cc1ccnc(Oc2ccc(CC(C)C)c(Oc3ccc4c5ccc(Oc6cc(Oc7cc(C)ccn7)ccc6CC(C)C)cc5n(-c5ncccn5)c4c3)c2)c1. The van der Waals surface area contributed by atoms with Crippen LogP contribution in [-0.4, -0.2) is 24.5 Å². The van der Waals surface area contributed by atoms with Crippen molar-refractivity contribution < 1.29 is 18.9 Å². The molecule has 8 rings (SSSR count). The van der Waals surface area contributed by atoms with E-state index in [4.69, 9.17) is 18.9 Å². The number of aryl methyl sites for hydroxylation is 2. The lowest BCUT2D eigenvalue weighted by Gasteiger charge is -2.15. The summed E-state index contributed by atoms with van der Waals surface area (Å²) >= 11 is 0. The van der Waals surface area contributed by atoms with Crippen LogP contribution in [-0.2, 0) is 12.8 Å². The molecule has 9 heteroatoms. The second-order valence-corrected chi connectivity index (χ2v) is 15.2. The summed E-state index contributed by atoms with van der Waals surface area (Å²) in [7, 11) is 0. The van der Waals surface area contributed by atoms with Crippen molar-refractivity contribution in [3.8, 4) is 52.2 Å². The lowest BCUT2D eigenvalue weighted by molar-refractivity contribution is 0.443. The zero-order valence-corrected chi connectivity index (χ0v) is 33.1. The number of benzene rings is 4. The lowest BCUT2D eigenvalue weighted by Crippen LogP contribution is -2.01. The maximum atomic E-state index is 6.72. The molecule has 0 amide bonds. The highest BCUT2D eigenvalue weighted by molar-refractivity contribution is 6.09. The maximum Gasteiger partial charge on any atom is 0.234 e. The van der Waals surface area contributed by atoms with E-state index < -0.39 is 0 Å². The molecule has 0 aliphatic rings. The summed E-state index contributed by atoms with van der Waals surface area (Å²) in [6.07, 6.45) is 8.69. The second-order valence-electron chi connectivity index (χ2n) is 15.2. The van der Waals surface area contributed by atoms with Crippen LogP contribution < -0.4 is 18.9 Å². The van der Waals surface area contributed by atoms with Crippen LogP contribution in [0.4, 0.5) is 0 Å². The van der Waals surface area contributed by atoms with Gasteiger partial charge in [0.1, 0.15) is 34.5 Å². The predicted molar refractivity (Wildman–Crippen MR) is 225 cm³/mol. The highest BCUT2D eigenvalue weighted by Crippen LogP contribution is 2.40. The van der Waals surface area contributed by atoms with Crippen molar-refractivity contribution in [3.05, 3.63) is 150 Å². The fraction of sp³-hybridized carbons (Fsp3) is 0.208. The van der Waals surface area contributed by atoms with Crippen LogP contribution in [0.1, 0.15) is 49.9 Å². The average Bonchev–Trinajstić information content (AvgIpc) is 3.49. The number of rotatable bonds is 13. The van der Waals surface area contributed by atoms with Crippen LogP contribution in [0.25, 0.3) is 27.8 Å². The number of nitrogens with zero attached hydrogens (tertiary/aromatic N) is 5. The van der Waals surface area contributed by atoms with Gasteiger partial charge < -0.3 is 18.9 Å². The molecular formula is C48H45N5O4. The monoisotopic (exact) mass is 755 g/mol. The summed E-state index contributed by atoms with van der Waals surface area (Å²) in [6, 6.07) is 33.8. The van der Waals surface area contributed by atoms with Gasteiger partial charge in [0.2, 0.25) is 17.7 Å². The third-order valence-corrected chi connectivity index (χ3v) is 9.48. The molecule has 0 unspecified atom stereocenters. The van der Waals surface area contributed by atoms with E-state index in [-0.39, 0.29) is 0 Å². The summed E-state index contributed by atoms with van der Waals surface area (Å²) in [6.45, 7) is 12.8. The van der Waals surface area contributed by atoms with Crippen molar-refractivity contribution in [3.63, 3.8) is 0 Å². The van der Waals surface area contributed by atoms with Crippen LogP contribution in [0.15, 0.2) is 128 Å².